The Morgan fingerprint density at radius 2 is 2.07 bits per heavy atom. The fourth-order valence-electron chi connectivity index (χ4n) is 4.80. The quantitative estimate of drug-likeness (QED) is 0.846. The van der Waals surface area contributed by atoms with Crippen LogP contribution >= 0.6 is 0 Å². The van der Waals surface area contributed by atoms with Gasteiger partial charge in [-0.3, -0.25) is 4.98 Å². The molecule has 1 aromatic carbocycles. The number of hydrogen-bond acceptors (Lipinski definition) is 4. The third-order valence-corrected chi connectivity index (χ3v) is 6.36. The van der Waals surface area contributed by atoms with Crippen molar-refractivity contribution in [2.75, 3.05) is 33.2 Å². The normalized spacial score (nSPS) is 23.7. The number of aromatic nitrogens is 1. The number of hydrogen-bond donors (Lipinski definition) is 1. The van der Waals surface area contributed by atoms with Crippen molar-refractivity contribution in [1.82, 2.24) is 20.1 Å². The minimum absolute atomic E-state index is 0. The van der Waals surface area contributed by atoms with Crippen LogP contribution in [0.5, 0.6) is 0 Å². The molecule has 0 radical (unpaired) electrons. The van der Waals surface area contributed by atoms with Crippen molar-refractivity contribution >= 4 is 16.9 Å². The summed E-state index contributed by atoms with van der Waals surface area (Å²) in [4.78, 5) is 21.7. The Kier molecular flexibility index (Phi) is 5.68. The Bertz CT molecular complexity index is 935. The summed E-state index contributed by atoms with van der Waals surface area (Å²) in [5.41, 5.74) is 2.55. The van der Waals surface area contributed by atoms with Crippen LogP contribution in [-0.2, 0) is 0 Å². The van der Waals surface area contributed by atoms with Gasteiger partial charge in [-0.15, -0.1) is 0 Å². The lowest BCUT2D eigenvalue weighted by Gasteiger charge is -2.38. The summed E-state index contributed by atoms with van der Waals surface area (Å²) in [6, 6.07) is 10.5. The summed E-state index contributed by atoms with van der Waals surface area (Å²) < 4.78 is 0. The van der Waals surface area contributed by atoms with Gasteiger partial charge in [-0.25, -0.2) is 4.79 Å². The van der Waals surface area contributed by atoms with Gasteiger partial charge in [0, 0.05) is 38.1 Å². The molecule has 0 aliphatic carbocycles. The number of amides is 2. The second kappa shape index (κ2) is 8.38. The molecule has 2 atom stereocenters. The largest absolute Gasteiger partial charge is 0.335 e. The highest BCUT2D eigenvalue weighted by atomic mass is 16.2. The number of nitriles is 1. The Morgan fingerprint density at radius 1 is 1.28 bits per heavy atom. The second-order valence-corrected chi connectivity index (χ2v) is 8.68. The number of rotatable bonds is 2. The van der Waals surface area contributed by atoms with Crippen molar-refractivity contribution in [2.45, 2.75) is 38.1 Å². The molecule has 154 valence electrons. The molecule has 3 heterocycles. The fourth-order valence-corrected chi connectivity index (χ4v) is 4.80. The molecule has 2 amide bonds. The van der Waals surface area contributed by atoms with Crippen molar-refractivity contribution in [2.24, 2.45) is 5.92 Å². The minimum Gasteiger partial charge on any atom is -0.335 e. The van der Waals surface area contributed by atoms with Gasteiger partial charge in [-0.2, -0.15) is 5.26 Å². The van der Waals surface area contributed by atoms with E-state index in [-0.39, 0.29) is 19.4 Å². The second-order valence-electron chi connectivity index (χ2n) is 8.68. The van der Waals surface area contributed by atoms with Crippen LogP contribution < -0.4 is 5.32 Å². The zero-order valence-electron chi connectivity index (χ0n) is 17.3. The van der Waals surface area contributed by atoms with E-state index in [1.54, 1.807) is 6.20 Å². The zero-order chi connectivity index (χ0) is 20.4. The first-order valence-electron chi connectivity index (χ1n) is 10.6. The molecule has 6 heteroatoms. The molecule has 2 aliphatic heterocycles. The lowest BCUT2D eigenvalue weighted by atomic mass is 9.83. The maximum absolute atomic E-state index is 13.0. The summed E-state index contributed by atoms with van der Waals surface area (Å²) in [6.07, 6.45) is 4.80. The van der Waals surface area contributed by atoms with E-state index in [0.717, 1.165) is 49.8 Å². The molecule has 2 saturated heterocycles. The maximum atomic E-state index is 13.0. The van der Waals surface area contributed by atoms with E-state index in [0.29, 0.717) is 18.0 Å². The third-order valence-electron chi connectivity index (χ3n) is 6.36. The molecule has 1 aromatic heterocycles. The van der Waals surface area contributed by atoms with Crippen molar-refractivity contribution in [1.29, 1.82) is 5.26 Å². The Hall–Kier alpha value is -2.65. The molecule has 0 unspecified atom stereocenters. The first kappa shape index (κ1) is 19.7. The first-order chi connectivity index (χ1) is 14.0. The van der Waals surface area contributed by atoms with Crippen LogP contribution in [0.4, 0.5) is 4.79 Å². The van der Waals surface area contributed by atoms with E-state index in [1.807, 2.05) is 23.1 Å². The van der Waals surface area contributed by atoms with Crippen molar-refractivity contribution in [3.8, 4) is 6.07 Å². The van der Waals surface area contributed by atoms with Crippen LogP contribution in [0.3, 0.4) is 0 Å². The summed E-state index contributed by atoms with van der Waals surface area (Å²) in [7, 11) is 2.13. The number of urea groups is 1. The predicted octanol–water partition coefficient (Wildman–Crippen LogP) is 3.58. The average Bonchev–Trinajstić information content (AvgIpc) is 2.74. The topological polar surface area (TPSA) is 72.3 Å². The molecule has 1 N–H and O–H groups in total. The standard InChI is InChI=1S/C23H29N5O.H2/c1-16-12-18(20-6-5-17(13-24)22-21(20)4-3-9-25-22)15-28(14-16)23(29)26-19-7-10-27(2)11-8-19;/h3-6,9,16,18-19H,7-8,10-12,14-15H2,1-2H3,(H,26,29);1H/t16-,18+;/m1./s1. The Labute approximate surface area is 174 Å². The van der Waals surface area contributed by atoms with Crippen LogP contribution in [-0.4, -0.2) is 60.1 Å². The summed E-state index contributed by atoms with van der Waals surface area (Å²) in [5, 5.41) is 13.7. The number of fused-ring (bicyclic) bond motifs is 1. The van der Waals surface area contributed by atoms with Gasteiger partial charge in [0.15, 0.2) is 0 Å². The lowest BCUT2D eigenvalue weighted by molar-refractivity contribution is 0.150. The highest BCUT2D eigenvalue weighted by Crippen LogP contribution is 2.34. The van der Waals surface area contributed by atoms with Crippen molar-refractivity contribution < 1.29 is 6.22 Å². The van der Waals surface area contributed by atoms with Crippen LogP contribution in [0.15, 0.2) is 30.5 Å². The molecule has 0 spiro atoms. The monoisotopic (exact) mass is 393 g/mol. The maximum Gasteiger partial charge on any atom is 0.317 e. The van der Waals surface area contributed by atoms with E-state index in [2.05, 4.69) is 41.3 Å². The number of pyridine rings is 1. The van der Waals surface area contributed by atoms with Gasteiger partial charge in [-0.1, -0.05) is 19.1 Å². The van der Waals surface area contributed by atoms with Gasteiger partial charge < -0.3 is 15.1 Å². The fraction of sp³-hybridized carbons (Fsp3) is 0.522. The minimum atomic E-state index is 0. The average molecular weight is 394 g/mol. The molecule has 0 saturated carbocycles. The molecule has 0 bridgehead atoms. The summed E-state index contributed by atoms with van der Waals surface area (Å²) in [6.45, 7) is 5.79. The summed E-state index contributed by atoms with van der Waals surface area (Å²) in [5.74, 6) is 0.681. The molecule has 2 fully saturated rings. The molecular formula is C23H31N5O. The lowest BCUT2D eigenvalue weighted by Crippen LogP contribution is -2.52. The number of likely N-dealkylation sites (tertiary alicyclic amines) is 2. The van der Waals surface area contributed by atoms with Crippen LogP contribution in [0.25, 0.3) is 10.9 Å². The molecule has 2 aliphatic rings. The van der Waals surface area contributed by atoms with Gasteiger partial charge in [0.05, 0.1) is 11.1 Å². The van der Waals surface area contributed by atoms with E-state index in [4.69, 9.17) is 0 Å². The Balaban J connectivity index is 0.00000256. The number of carbonyl (C=O) groups is 1. The number of piperidine rings is 2. The first-order valence-corrected chi connectivity index (χ1v) is 10.6. The van der Waals surface area contributed by atoms with Gasteiger partial charge in [0.2, 0.25) is 0 Å². The van der Waals surface area contributed by atoms with Crippen LogP contribution in [0.1, 0.15) is 44.7 Å². The number of benzene rings is 1. The number of carbonyl (C=O) groups excluding carboxylic acids is 1. The molecule has 2 aromatic rings. The van der Waals surface area contributed by atoms with E-state index in [1.165, 1.54) is 5.56 Å². The summed E-state index contributed by atoms with van der Waals surface area (Å²) >= 11 is 0. The SMILES string of the molecule is C[C@@H]1C[C@H](c2ccc(C#N)c3ncccc23)CN(C(=O)NC2CCN(C)CC2)C1.[HH]. The molecule has 4 rings (SSSR count). The zero-order valence-corrected chi connectivity index (χ0v) is 17.3. The predicted molar refractivity (Wildman–Crippen MR) is 116 cm³/mol. The van der Waals surface area contributed by atoms with E-state index >= 15 is 0 Å². The van der Waals surface area contributed by atoms with E-state index in [9.17, 15) is 10.1 Å². The van der Waals surface area contributed by atoms with E-state index < -0.39 is 0 Å². The Morgan fingerprint density at radius 3 is 2.83 bits per heavy atom. The molecule has 29 heavy (non-hydrogen) atoms. The van der Waals surface area contributed by atoms with Gasteiger partial charge in [0.25, 0.3) is 0 Å². The van der Waals surface area contributed by atoms with Crippen LogP contribution in [0, 0.1) is 17.2 Å². The highest BCUT2D eigenvalue weighted by molar-refractivity contribution is 5.87. The number of nitrogens with zero attached hydrogens (tertiary/aromatic N) is 4. The third kappa shape index (κ3) is 4.20. The van der Waals surface area contributed by atoms with Crippen LogP contribution in [0.2, 0.25) is 0 Å². The van der Waals surface area contributed by atoms with Gasteiger partial charge in [-0.05, 0) is 63.0 Å². The van der Waals surface area contributed by atoms with Gasteiger partial charge >= 0.3 is 6.03 Å². The number of nitrogens with one attached hydrogen (secondary N) is 1. The van der Waals surface area contributed by atoms with Gasteiger partial charge in [0.1, 0.15) is 6.07 Å². The van der Waals surface area contributed by atoms with Crippen molar-refractivity contribution in [3.63, 3.8) is 0 Å². The van der Waals surface area contributed by atoms with Crippen molar-refractivity contribution in [3.05, 3.63) is 41.6 Å². The molecule has 6 nitrogen and oxygen atoms in total. The smallest absolute Gasteiger partial charge is 0.317 e. The molecular weight excluding hydrogens is 362 g/mol. The highest BCUT2D eigenvalue weighted by Gasteiger charge is 2.31.